The lowest BCUT2D eigenvalue weighted by atomic mass is 10.1. The SMILES string of the molecule is O=[N+]([O-])c1ccc(O)cc1CNCCN1CCOCC1. The van der Waals surface area contributed by atoms with E-state index in [1.54, 1.807) is 0 Å². The predicted molar refractivity (Wildman–Crippen MR) is 73.7 cm³/mol. The zero-order chi connectivity index (χ0) is 14.4. The van der Waals surface area contributed by atoms with Gasteiger partial charge in [0, 0.05) is 44.4 Å². The van der Waals surface area contributed by atoms with Crippen LogP contribution >= 0.6 is 0 Å². The molecule has 0 spiro atoms. The fourth-order valence-electron chi connectivity index (χ4n) is 2.18. The molecule has 1 fully saturated rings. The minimum Gasteiger partial charge on any atom is -0.508 e. The topological polar surface area (TPSA) is 87.9 Å². The molecule has 1 aliphatic heterocycles. The number of hydrogen-bond donors (Lipinski definition) is 2. The number of morpholine rings is 1. The van der Waals surface area contributed by atoms with Gasteiger partial charge in [0.15, 0.2) is 0 Å². The minimum atomic E-state index is -0.432. The first kappa shape index (κ1) is 14.7. The molecule has 1 saturated heterocycles. The molecule has 0 aliphatic carbocycles. The van der Waals surface area contributed by atoms with E-state index in [1.165, 1.54) is 18.2 Å². The van der Waals surface area contributed by atoms with E-state index in [4.69, 9.17) is 4.74 Å². The summed E-state index contributed by atoms with van der Waals surface area (Å²) in [5.74, 6) is 0.0422. The fourth-order valence-corrected chi connectivity index (χ4v) is 2.18. The second-order valence-electron chi connectivity index (χ2n) is 4.70. The number of nitro groups is 1. The van der Waals surface area contributed by atoms with Crippen molar-refractivity contribution in [2.75, 3.05) is 39.4 Å². The first-order valence-corrected chi connectivity index (χ1v) is 6.64. The Morgan fingerprint density at radius 3 is 2.85 bits per heavy atom. The maximum Gasteiger partial charge on any atom is 0.274 e. The van der Waals surface area contributed by atoms with Gasteiger partial charge in [0.2, 0.25) is 0 Å². The van der Waals surface area contributed by atoms with Crippen LogP contribution in [0.3, 0.4) is 0 Å². The average molecular weight is 281 g/mol. The molecule has 0 amide bonds. The van der Waals surface area contributed by atoms with Crippen LogP contribution in [0.1, 0.15) is 5.56 Å². The second-order valence-corrected chi connectivity index (χ2v) is 4.70. The molecule has 1 heterocycles. The Bertz CT molecular complexity index is 461. The maximum absolute atomic E-state index is 10.9. The number of nitrogens with one attached hydrogen (secondary N) is 1. The van der Waals surface area contributed by atoms with E-state index in [2.05, 4.69) is 10.2 Å². The van der Waals surface area contributed by atoms with Gasteiger partial charge in [0.25, 0.3) is 5.69 Å². The highest BCUT2D eigenvalue weighted by atomic mass is 16.6. The Hall–Kier alpha value is -1.70. The summed E-state index contributed by atoms with van der Waals surface area (Å²) in [6, 6.07) is 4.09. The standard InChI is InChI=1S/C13H19N3O4/c17-12-1-2-13(16(18)19)11(9-12)10-14-3-4-15-5-7-20-8-6-15/h1-2,9,14,17H,3-8,10H2. The van der Waals surface area contributed by atoms with Crippen molar-refractivity contribution < 1.29 is 14.8 Å². The van der Waals surface area contributed by atoms with Gasteiger partial charge < -0.3 is 15.2 Å². The van der Waals surface area contributed by atoms with E-state index in [0.717, 1.165) is 39.4 Å². The van der Waals surface area contributed by atoms with Crippen molar-refractivity contribution in [1.82, 2.24) is 10.2 Å². The molecular weight excluding hydrogens is 262 g/mol. The summed E-state index contributed by atoms with van der Waals surface area (Å²) in [6.07, 6.45) is 0. The third-order valence-electron chi connectivity index (χ3n) is 3.28. The van der Waals surface area contributed by atoms with Gasteiger partial charge >= 0.3 is 0 Å². The Morgan fingerprint density at radius 1 is 1.40 bits per heavy atom. The molecular formula is C13H19N3O4. The van der Waals surface area contributed by atoms with Crippen LogP contribution in [0.4, 0.5) is 5.69 Å². The molecule has 1 aliphatic rings. The average Bonchev–Trinajstić information content (AvgIpc) is 2.44. The molecule has 0 aromatic heterocycles. The van der Waals surface area contributed by atoms with Crippen molar-refractivity contribution in [3.8, 4) is 5.75 Å². The number of nitrogens with zero attached hydrogens (tertiary/aromatic N) is 2. The number of rotatable bonds is 6. The second kappa shape index (κ2) is 7.18. The Morgan fingerprint density at radius 2 is 2.15 bits per heavy atom. The zero-order valence-corrected chi connectivity index (χ0v) is 11.2. The molecule has 7 heteroatoms. The lowest BCUT2D eigenvalue weighted by Crippen LogP contribution is -2.40. The molecule has 7 nitrogen and oxygen atoms in total. The van der Waals surface area contributed by atoms with Gasteiger partial charge in [-0.15, -0.1) is 0 Å². The lowest BCUT2D eigenvalue weighted by molar-refractivity contribution is -0.385. The van der Waals surface area contributed by atoms with Crippen LogP contribution < -0.4 is 5.32 Å². The van der Waals surface area contributed by atoms with Crippen molar-refractivity contribution in [3.05, 3.63) is 33.9 Å². The monoisotopic (exact) mass is 281 g/mol. The van der Waals surface area contributed by atoms with Crippen LogP contribution in [0.15, 0.2) is 18.2 Å². The van der Waals surface area contributed by atoms with Crippen LogP contribution in [-0.4, -0.2) is 54.3 Å². The summed E-state index contributed by atoms with van der Waals surface area (Å²) < 4.78 is 5.27. The van der Waals surface area contributed by atoms with Gasteiger partial charge in [0.05, 0.1) is 18.1 Å². The van der Waals surface area contributed by atoms with Crippen LogP contribution in [0.25, 0.3) is 0 Å². The molecule has 1 aromatic rings. The first-order chi connectivity index (χ1) is 9.66. The molecule has 2 N–H and O–H groups in total. The summed E-state index contributed by atoms with van der Waals surface area (Å²) in [6.45, 7) is 5.37. The lowest BCUT2D eigenvalue weighted by Gasteiger charge is -2.26. The third-order valence-corrected chi connectivity index (χ3v) is 3.28. The number of phenolic OH excluding ortho intramolecular Hbond substituents is 1. The fraction of sp³-hybridized carbons (Fsp3) is 0.538. The molecule has 0 radical (unpaired) electrons. The van der Waals surface area contributed by atoms with Gasteiger partial charge in [-0.05, 0) is 12.1 Å². The Kier molecular flexibility index (Phi) is 5.28. The molecule has 1 aromatic carbocycles. The van der Waals surface area contributed by atoms with Crippen LogP contribution in [-0.2, 0) is 11.3 Å². The molecule has 0 unspecified atom stereocenters. The quantitative estimate of drug-likeness (QED) is 0.454. The summed E-state index contributed by atoms with van der Waals surface area (Å²) in [5.41, 5.74) is 0.527. The van der Waals surface area contributed by atoms with E-state index < -0.39 is 4.92 Å². The highest BCUT2D eigenvalue weighted by molar-refractivity contribution is 5.44. The van der Waals surface area contributed by atoms with Crippen molar-refractivity contribution in [3.63, 3.8) is 0 Å². The van der Waals surface area contributed by atoms with E-state index in [-0.39, 0.29) is 11.4 Å². The number of hydrogen-bond acceptors (Lipinski definition) is 6. The van der Waals surface area contributed by atoms with Crippen LogP contribution in [0, 0.1) is 10.1 Å². The van der Waals surface area contributed by atoms with Gasteiger partial charge in [-0.25, -0.2) is 0 Å². The predicted octanol–water partition coefficient (Wildman–Crippen LogP) is 0.722. The van der Waals surface area contributed by atoms with Crippen LogP contribution in [0.5, 0.6) is 5.75 Å². The van der Waals surface area contributed by atoms with E-state index in [0.29, 0.717) is 12.1 Å². The van der Waals surface area contributed by atoms with E-state index >= 15 is 0 Å². The van der Waals surface area contributed by atoms with Crippen molar-refractivity contribution in [2.24, 2.45) is 0 Å². The van der Waals surface area contributed by atoms with Gasteiger partial charge in [-0.2, -0.15) is 0 Å². The zero-order valence-electron chi connectivity index (χ0n) is 11.2. The van der Waals surface area contributed by atoms with Gasteiger partial charge in [-0.3, -0.25) is 15.0 Å². The number of phenols is 1. The smallest absolute Gasteiger partial charge is 0.274 e. The number of benzene rings is 1. The molecule has 0 atom stereocenters. The molecule has 0 bridgehead atoms. The molecule has 2 rings (SSSR count). The number of ether oxygens (including phenoxy) is 1. The minimum absolute atomic E-state index is 0.0293. The maximum atomic E-state index is 10.9. The third kappa shape index (κ3) is 4.16. The van der Waals surface area contributed by atoms with Crippen molar-refractivity contribution >= 4 is 5.69 Å². The van der Waals surface area contributed by atoms with Crippen molar-refractivity contribution in [2.45, 2.75) is 6.54 Å². The largest absolute Gasteiger partial charge is 0.508 e. The summed E-state index contributed by atoms with van der Waals surface area (Å²) in [5, 5.41) is 23.5. The Balaban J connectivity index is 1.81. The molecule has 20 heavy (non-hydrogen) atoms. The first-order valence-electron chi connectivity index (χ1n) is 6.64. The van der Waals surface area contributed by atoms with Crippen LogP contribution in [0.2, 0.25) is 0 Å². The summed E-state index contributed by atoms with van der Waals surface area (Å²) in [4.78, 5) is 12.7. The summed E-state index contributed by atoms with van der Waals surface area (Å²) >= 11 is 0. The summed E-state index contributed by atoms with van der Waals surface area (Å²) in [7, 11) is 0. The number of nitro benzene ring substituents is 1. The van der Waals surface area contributed by atoms with Crippen molar-refractivity contribution in [1.29, 1.82) is 0 Å². The van der Waals surface area contributed by atoms with Gasteiger partial charge in [0.1, 0.15) is 5.75 Å². The highest BCUT2D eigenvalue weighted by Gasteiger charge is 2.14. The number of aromatic hydroxyl groups is 1. The molecule has 110 valence electrons. The van der Waals surface area contributed by atoms with E-state index in [1.807, 2.05) is 0 Å². The normalized spacial score (nSPS) is 16.2. The van der Waals surface area contributed by atoms with E-state index in [9.17, 15) is 15.2 Å². The highest BCUT2D eigenvalue weighted by Crippen LogP contribution is 2.22. The molecule has 0 saturated carbocycles. The van der Waals surface area contributed by atoms with Gasteiger partial charge in [-0.1, -0.05) is 0 Å². The Labute approximate surface area is 117 Å².